The Morgan fingerprint density at radius 3 is 2.53 bits per heavy atom. The Bertz CT molecular complexity index is 563. The molecule has 1 heterocycles. The highest BCUT2D eigenvalue weighted by atomic mass is 35.5. The van der Waals surface area contributed by atoms with E-state index in [2.05, 4.69) is 11.1 Å². The molecule has 1 aliphatic rings. The molecule has 0 amide bonds. The third-order valence-corrected chi connectivity index (χ3v) is 3.41. The number of nitrogens with zero attached hydrogens (tertiary/aromatic N) is 1. The number of aromatic nitrogens is 1. The molecule has 19 heavy (non-hydrogen) atoms. The van der Waals surface area contributed by atoms with Gasteiger partial charge in [0.1, 0.15) is 5.75 Å². The largest absolute Gasteiger partial charge is 0.508 e. The van der Waals surface area contributed by atoms with Gasteiger partial charge in [-0.2, -0.15) is 0 Å². The second-order valence-electron chi connectivity index (χ2n) is 5.04. The van der Waals surface area contributed by atoms with Crippen molar-refractivity contribution in [2.45, 2.75) is 25.3 Å². The summed E-state index contributed by atoms with van der Waals surface area (Å²) in [4.78, 5) is 4.46. The Hall–Kier alpha value is -1.58. The van der Waals surface area contributed by atoms with Gasteiger partial charge >= 0.3 is 0 Å². The second kappa shape index (κ2) is 5.19. The lowest BCUT2D eigenvalue weighted by Gasteiger charge is -2.05. The summed E-state index contributed by atoms with van der Waals surface area (Å²) in [6.45, 7) is 1.96. The van der Waals surface area contributed by atoms with Crippen LogP contribution in [0, 0.1) is 6.92 Å². The number of phenolic OH excluding ortho intramolecular Hbond substituents is 1. The summed E-state index contributed by atoms with van der Waals surface area (Å²) in [6, 6.07) is 9.87. The van der Waals surface area contributed by atoms with E-state index < -0.39 is 0 Å². The number of hydrogen-bond donors (Lipinski definition) is 2. The van der Waals surface area contributed by atoms with E-state index in [9.17, 15) is 5.11 Å². The molecule has 0 bridgehead atoms. The second-order valence-corrected chi connectivity index (χ2v) is 5.04. The lowest BCUT2D eigenvalue weighted by Crippen LogP contribution is -2.01. The van der Waals surface area contributed by atoms with Crippen LogP contribution in [0.1, 0.15) is 23.5 Å². The molecule has 2 atom stereocenters. The van der Waals surface area contributed by atoms with Crippen LogP contribution in [-0.2, 0) is 0 Å². The van der Waals surface area contributed by atoms with E-state index in [1.807, 2.05) is 25.3 Å². The third kappa shape index (κ3) is 2.88. The van der Waals surface area contributed by atoms with Gasteiger partial charge in [-0.05, 0) is 48.7 Å². The topological polar surface area (TPSA) is 59.1 Å². The summed E-state index contributed by atoms with van der Waals surface area (Å²) >= 11 is 0. The first-order valence-electron chi connectivity index (χ1n) is 6.16. The quantitative estimate of drug-likeness (QED) is 0.886. The minimum absolute atomic E-state index is 0. The maximum absolute atomic E-state index is 9.60. The molecule has 4 heteroatoms. The molecule has 0 radical (unpaired) electrons. The highest BCUT2D eigenvalue weighted by molar-refractivity contribution is 5.85. The highest BCUT2D eigenvalue weighted by Gasteiger charge is 2.34. The van der Waals surface area contributed by atoms with Crippen molar-refractivity contribution in [1.82, 2.24) is 4.98 Å². The zero-order valence-corrected chi connectivity index (χ0v) is 11.5. The van der Waals surface area contributed by atoms with Crippen molar-refractivity contribution in [3.05, 3.63) is 47.7 Å². The number of rotatable bonds is 2. The van der Waals surface area contributed by atoms with Crippen molar-refractivity contribution < 1.29 is 5.11 Å². The van der Waals surface area contributed by atoms with E-state index in [0.717, 1.165) is 23.2 Å². The zero-order valence-electron chi connectivity index (χ0n) is 10.7. The molecule has 3 nitrogen and oxygen atoms in total. The van der Waals surface area contributed by atoms with Gasteiger partial charge in [0, 0.05) is 23.7 Å². The summed E-state index contributed by atoms with van der Waals surface area (Å²) in [5.74, 6) is 0.762. The van der Waals surface area contributed by atoms with Crippen LogP contribution < -0.4 is 5.73 Å². The Labute approximate surface area is 118 Å². The monoisotopic (exact) mass is 276 g/mol. The van der Waals surface area contributed by atoms with Crippen molar-refractivity contribution >= 4 is 12.4 Å². The normalized spacial score (nSPS) is 20.7. The summed E-state index contributed by atoms with van der Waals surface area (Å²) in [5, 5.41) is 9.60. The van der Waals surface area contributed by atoms with Crippen molar-refractivity contribution in [2.24, 2.45) is 5.73 Å². The zero-order chi connectivity index (χ0) is 12.7. The molecule has 1 aromatic carbocycles. The van der Waals surface area contributed by atoms with Gasteiger partial charge < -0.3 is 10.8 Å². The van der Waals surface area contributed by atoms with Crippen LogP contribution in [0.4, 0.5) is 0 Å². The van der Waals surface area contributed by atoms with Gasteiger partial charge in [0.2, 0.25) is 0 Å². The Morgan fingerprint density at radius 1 is 1.26 bits per heavy atom. The number of pyridine rings is 1. The van der Waals surface area contributed by atoms with Gasteiger partial charge in [0.25, 0.3) is 0 Å². The number of aryl methyl sites for hydroxylation is 1. The van der Waals surface area contributed by atoms with Crippen molar-refractivity contribution in [1.29, 1.82) is 0 Å². The molecule has 3 N–H and O–H groups in total. The molecule has 1 saturated carbocycles. The summed E-state index contributed by atoms with van der Waals surface area (Å²) in [6.07, 6.45) is 2.96. The molecule has 1 fully saturated rings. The number of aromatic hydroxyl groups is 1. The lowest BCUT2D eigenvalue weighted by molar-refractivity contribution is 0.475. The first-order valence-corrected chi connectivity index (χ1v) is 6.16. The molecular formula is C15H17ClN2O. The predicted octanol–water partition coefficient (Wildman–Crippen LogP) is 3.00. The van der Waals surface area contributed by atoms with Crippen LogP contribution in [0.2, 0.25) is 0 Å². The van der Waals surface area contributed by atoms with Gasteiger partial charge in [-0.1, -0.05) is 6.07 Å². The van der Waals surface area contributed by atoms with Gasteiger partial charge in [-0.3, -0.25) is 4.98 Å². The summed E-state index contributed by atoms with van der Waals surface area (Å²) < 4.78 is 0. The van der Waals surface area contributed by atoms with Crippen LogP contribution in [0.5, 0.6) is 5.75 Å². The first-order chi connectivity index (χ1) is 8.63. The number of hydrogen-bond acceptors (Lipinski definition) is 3. The van der Waals surface area contributed by atoms with E-state index in [1.165, 1.54) is 5.56 Å². The molecule has 2 aromatic rings. The lowest BCUT2D eigenvalue weighted by atomic mass is 10.1. The third-order valence-electron chi connectivity index (χ3n) is 3.41. The van der Waals surface area contributed by atoms with Crippen LogP contribution in [0.25, 0.3) is 11.3 Å². The smallest absolute Gasteiger partial charge is 0.116 e. The van der Waals surface area contributed by atoms with Crippen molar-refractivity contribution in [3.8, 4) is 17.0 Å². The number of nitrogens with two attached hydrogens (primary N) is 1. The van der Waals surface area contributed by atoms with Crippen LogP contribution in [0.15, 0.2) is 36.5 Å². The van der Waals surface area contributed by atoms with Crippen LogP contribution in [0.3, 0.4) is 0 Å². The average molecular weight is 277 g/mol. The Balaban J connectivity index is 0.00000133. The van der Waals surface area contributed by atoms with E-state index in [-0.39, 0.29) is 18.2 Å². The van der Waals surface area contributed by atoms with Crippen LogP contribution in [-0.4, -0.2) is 16.1 Å². The van der Waals surface area contributed by atoms with E-state index >= 15 is 0 Å². The fourth-order valence-corrected chi connectivity index (χ4v) is 2.30. The fraction of sp³-hybridized carbons (Fsp3) is 0.267. The number of phenols is 1. The maximum Gasteiger partial charge on any atom is 0.116 e. The van der Waals surface area contributed by atoms with Gasteiger partial charge in [-0.25, -0.2) is 0 Å². The SMILES string of the molecule is Cc1cc(O)cc(-c2ccc([C@H]3C[C@@H]3N)cn2)c1.Cl. The molecule has 3 rings (SSSR count). The van der Waals surface area contributed by atoms with Gasteiger partial charge in [0.05, 0.1) is 5.69 Å². The molecular weight excluding hydrogens is 260 g/mol. The molecule has 0 aliphatic heterocycles. The van der Waals surface area contributed by atoms with E-state index in [4.69, 9.17) is 5.73 Å². The molecule has 0 unspecified atom stereocenters. The van der Waals surface area contributed by atoms with Gasteiger partial charge in [0.15, 0.2) is 0 Å². The van der Waals surface area contributed by atoms with Crippen molar-refractivity contribution in [2.75, 3.05) is 0 Å². The van der Waals surface area contributed by atoms with Gasteiger partial charge in [-0.15, -0.1) is 12.4 Å². The number of benzene rings is 1. The van der Waals surface area contributed by atoms with Crippen molar-refractivity contribution in [3.63, 3.8) is 0 Å². The summed E-state index contributed by atoms with van der Waals surface area (Å²) in [5.41, 5.74) is 9.89. The Kier molecular flexibility index (Phi) is 3.78. The maximum atomic E-state index is 9.60. The molecule has 0 saturated heterocycles. The summed E-state index contributed by atoms with van der Waals surface area (Å²) in [7, 11) is 0. The average Bonchev–Trinajstić information content (AvgIpc) is 3.05. The molecule has 0 spiro atoms. The first kappa shape index (κ1) is 13.8. The molecule has 1 aromatic heterocycles. The predicted molar refractivity (Wildman–Crippen MR) is 78.7 cm³/mol. The molecule has 100 valence electrons. The van der Waals surface area contributed by atoms with E-state index in [1.54, 1.807) is 12.1 Å². The van der Waals surface area contributed by atoms with Crippen LogP contribution >= 0.6 is 12.4 Å². The standard InChI is InChI=1S/C15H16N2O.ClH/c1-9-4-11(6-12(18)5-9)15-3-2-10(8-17-15)13-7-14(13)16;/h2-6,8,13-14,18H,7,16H2,1H3;1H/t13-,14+;/m1./s1. The highest BCUT2D eigenvalue weighted by Crippen LogP contribution is 2.39. The fourth-order valence-electron chi connectivity index (χ4n) is 2.30. The van der Waals surface area contributed by atoms with E-state index in [0.29, 0.717) is 12.0 Å². The molecule has 1 aliphatic carbocycles. The minimum atomic E-state index is 0. The minimum Gasteiger partial charge on any atom is -0.508 e. The Morgan fingerprint density at radius 2 is 2.00 bits per heavy atom. The number of halogens is 1.